The minimum absolute atomic E-state index is 0.127. The first-order valence-electron chi connectivity index (χ1n) is 10.2. The molecule has 3 N–H and O–H groups in total. The number of piperidine rings is 1. The van der Waals surface area contributed by atoms with Crippen LogP contribution >= 0.6 is 0 Å². The van der Waals surface area contributed by atoms with Gasteiger partial charge >= 0.3 is 6.03 Å². The Balaban J connectivity index is 1.28. The van der Waals surface area contributed by atoms with E-state index in [4.69, 9.17) is 0 Å². The number of halogens is 1. The van der Waals surface area contributed by atoms with Crippen molar-refractivity contribution in [1.29, 1.82) is 0 Å². The fraction of sp³-hybridized carbons (Fsp3) is 0.304. The number of amides is 2. The van der Waals surface area contributed by atoms with Gasteiger partial charge in [-0.25, -0.2) is 9.18 Å². The third-order valence-corrected chi connectivity index (χ3v) is 5.44. The first-order chi connectivity index (χ1) is 14.6. The number of rotatable bonds is 5. The fourth-order valence-corrected chi connectivity index (χ4v) is 3.84. The van der Waals surface area contributed by atoms with Crippen LogP contribution in [0.3, 0.4) is 0 Å². The molecule has 1 aromatic heterocycles. The number of likely N-dealkylation sites (tertiary alicyclic amines) is 1. The molecule has 0 atom stereocenters. The maximum absolute atomic E-state index is 13.0. The summed E-state index contributed by atoms with van der Waals surface area (Å²) < 4.78 is 13.0. The summed E-state index contributed by atoms with van der Waals surface area (Å²) in [6.45, 7) is 4.72. The third kappa shape index (κ3) is 5.04. The molecule has 156 valence electrons. The Bertz CT molecular complexity index is 993. The summed E-state index contributed by atoms with van der Waals surface area (Å²) in [7, 11) is 0. The lowest BCUT2D eigenvalue weighted by atomic mass is 10.0. The van der Waals surface area contributed by atoms with Gasteiger partial charge in [-0.1, -0.05) is 23.8 Å². The van der Waals surface area contributed by atoms with Crippen molar-refractivity contribution in [3.63, 3.8) is 0 Å². The Morgan fingerprint density at radius 3 is 2.70 bits per heavy atom. The smallest absolute Gasteiger partial charge is 0.319 e. The van der Waals surface area contributed by atoms with Crippen molar-refractivity contribution in [1.82, 2.24) is 20.4 Å². The van der Waals surface area contributed by atoms with E-state index in [2.05, 4.69) is 56.9 Å². The van der Waals surface area contributed by atoms with Crippen LogP contribution in [-0.2, 0) is 6.54 Å². The van der Waals surface area contributed by atoms with Crippen molar-refractivity contribution in [2.45, 2.75) is 32.4 Å². The second kappa shape index (κ2) is 9.09. The van der Waals surface area contributed by atoms with Crippen LogP contribution in [0, 0.1) is 12.7 Å². The highest BCUT2D eigenvalue weighted by atomic mass is 19.1. The molecular weight excluding hydrogens is 381 g/mol. The summed E-state index contributed by atoms with van der Waals surface area (Å²) in [5.74, 6) is -0.323. The number of carbonyl (C=O) groups excluding carboxylic acids is 1. The van der Waals surface area contributed by atoms with Crippen LogP contribution < -0.4 is 10.6 Å². The van der Waals surface area contributed by atoms with Gasteiger partial charge in [0.25, 0.3) is 0 Å². The molecule has 4 rings (SSSR count). The predicted octanol–water partition coefficient (Wildman–Crippen LogP) is 4.31. The third-order valence-electron chi connectivity index (χ3n) is 5.44. The number of hydrogen-bond donors (Lipinski definition) is 3. The molecule has 2 amide bonds. The molecule has 0 radical (unpaired) electrons. The molecular formula is C23H26FN5O. The van der Waals surface area contributed by atoms with Crippen LogP contribution in [0.1, 0.15) is 24.0 Å². The summed E-state index contributed by atoms with van der Waals surface area (Å²) in [6.07, 6.45) is 3.67. The molecule has 1 saturated heterocycles. The largest absolute Gasteiger partial charge is 0.335 e. The highest BCUT2D eigenvalue weighted by Crippen LogP contribution is 2.24. The quantitative estimate of drug-likeness (QED) is 0.590. The van der Waals surface area contributed by atoms with Gasteiger partial charge in [0, 0.05) is 42.5 Å². The number of carbonyl (C=O) groups is 1. The van der Waals surface area contributed by atoms with E-state index in [1.54, 1.807) is 12.1 Å². The Labute approximate surface area is 175 Å². The topological polar surface area (TPSA) is 73.0 Å². The van der Waals surface area contributed by atoms with Crippen molar-refractivity contribution in [2.75, 3.05) is 18.4 Å². The molecule has 2 heterocycles. The number of aromatic amines is 1. The molecule has 1 aliphatic heterocycles. The SMILES string of the molecule is Cc1cccc(-c2[nH]ncc2CN2CCC(NC(=O)Nc3ccc(F)cc3)CC2)c1. The lowest BCUT2D eigenvalue weighted by Crippen LogP contribution is -2.45. The second-order valence-corrected chi connectivity index (χ2v) is 7.80. The van der Waals surface area contributed by atoms with Crippen LogP contribution in [0.4, 0.5) is 14.9 Å². The molecule has 30 heavy (non-hydrogen) atoms. The van der Waals surface area contributed by atoms with Gasteiger partial charge in [-0.15, -0.1) is 0 Å². The molecule has 0 saturated carbocycles. The maximum atomic E-state index is 13.0. The van der Waals surface area contributed by atoms with Gasteiger partial charge in [0.2, 0.25) is 0 Å². The Morgan fingerprint density at radius 1 is 1.20 bits per heavy atom. The zero-order valence-corrected chi connectivity index (χ0v) is 17.0. The molecule has 0 unspecified atom stereocenters. The number of urea groups is 1. The van der Waals surface area contributed by atoms with Gasteiger partial charge < -0.3 is 10.6 Å². The Kier molecular flexibility index (Phi) is 6.09. The monoisotopic (exact) mass is 407 g/mol. The van der Waals surface area contributed by atoms with E-state index >= 15 is 0 Å². The Morgan fingerprint density at radius 2 is 1.97 bits per heavy atom. The van der Waals surface area contributed by atoms with E-state index in [1.807, 2.05) is 6.20 Å². The molecule has 1 aliphatic rings. The number of aromatic nitrogens is 2. The van der Waals surface area contributed by atoms with Gasteiger partial charge in [-0.05, 0) is 50.1 Å². The zero-order valence-electron chi connectivity index (χ0n) is 17.0. The predicted molar refractivity (Wildman–Crippen MR) is 116 cm³/mol. The van der Waals surface area contributed by atoms with E-state index in [0.29, 0.717) is 5.69 Å². The van der Waals surface area contributed by atoms with E-state index in [-0.39, 0.29) is 17.9 Å². The second-order valence-electron chi connectivity index (χ2n) is 7.80. The van der Waals surface area contributed by atoms with Crippen molar-refractivity contribution in [2.24, 2.45) is 0 Å². The summed E-state index contributed by atoms with van der Waals surface area (Å²) in [5, 5.41) is 13.2. The van der Waals surface area contributed by atoms with Gasteiger partial charge in [0.1, 0.15) is 5.82 Å². The molecule has 1 fully saturated rings. The highest BCUT2D eigenvalue weighted by Gasteiger charge is 2.22. The molecule has 0 bridgehead atoms. The van der Waals surface area contributed by atoms with Crippen molar-refractivity contribution >= 4 is 11.7 Å². The summed E-state index contributed by atoms with van der Waals surface area (Å²) >= 11 is 0. The van der Waals surface area contributed by atoms with E-state index < -0.39 is 0 Å². The van der Waals surface area contributed by atoms with E-state index in [0.717, 1.165) is 43.7 Å². The summed E-state index contributed by atoms with van der Waals surface area (Å²) in [6, 6.07) is 14.0. The molecule has 0 aliphatic carbocycles. The van der Waals surface area contributed by atoms with Crippen LogP contribution in [-0.4, -0.2) is 40.3 Å². The maximum Gasteiger partial charge on any atom is 0.319 e. The fourth-order valence-electron chi connectivity index (χ4n) is 3.84. The Hall–Kier alpha value is -3.19. The van der Waals surface area contributed by atoms with Crippen LogP contribution in [0.5, 0.6) is 0 Å². The van der Waals surface area contributed by atoms with Gasteiger partial charge in [0.15, 0.2) is 0 Å². The van der Waals surface area contributed by atoms with Crippen LogP contribution in [0.25, 0.3) is 11.3 Å². The lowest BCUT2D eigenvalue weighted by molar-refractivity contribution is 0.190. The number of anilines is 1. The van der Waals surface area contributed by atoms with Gasteiger partial charge in [-0.3, -0.25) is 10.00 Å². The molecule has 3 aromatic rings. The van der Waals surface area contributed by atoms with Gasteiger partial charge in [-0.2, -0.15) is 5.10 Å². The average Bonchev–Trinajstić information content (AvgIpc) is 3.19. The van der Waals surface area contributed by atoms with Crippen molar-refractivity contribution < 1.29 is 9.18 Å². The number of hydrogen-bond acceptors (Lipinski definition) is 3. The number of H-pyrrole nitrogens is 1. The molecule has 6 nitrogen and oxygen atoms in total. The standard InChI is InChI=1S/C23H26FN5O/c1-16-3-2-4-17(13-16)22-18(14-25-28-22)15-29-11-9-21(10-12-29)27-23(30)26-20-7-5-19(24)6-8-20/h2-8,13-14,21H,9-12,15H2,1H3,(H,25,28)(H2,26,27,30). The molecule has 0 spiro atoms. The first kappa shape index (κ1) is 20.1. The number of aryl methyl sites for hydroxylation is 1. The minimum atomic E-state index is -0.323. The average molecular weight is 407 g/mol. The summed E-state index contributed by atoms with van der Waals surface area (Å²) in [5.41, 5.74) is 5.20. The minimum Gasteiger partial charge on any atom is -0.335 e. The van der Waals surface area contributed by atoms with E-state index in [1.165, 1.54) is 23.3 Å². The summed E-state index contributed by atoms with van der Waals surface area (Å²) in [4.78, 5) is 14.6. The van der Waals surface area contributed by atoms with Crippen molar-refractivity contribution in [3.8, 4) is 11.3 Å². The first-order valence-corrected chi connectivity index (χ1v) is 10.2. The molecule has 2 aromatic carbocycles. The highest BCUT2D eigenvalue weighted by molar-refractivity contribution is 5.89. The van der Waals surface area contributed by atoms with Gasteiger partial charge in [0.05, 0.1) is 11.9 Å². The lowest BCUT2D eigenvalue weighted by Gasteiger charge is -2.32. The number of nitrogens with one attached hydrogen (secondary N) is 3. The van der Waals surface area contributed by atoms with Crippen molar-refractivity contribution in [3.05, 3.63) is 71.7 Å². The molecule has 7 heteroatoms. The normalized spacial score (nSPS) is 15.1. The number of benzene rings is 2. The number of nitrogens with zero attached hydrogens (tertiary/aromatic N) is 2. The van der Waals surface area contributed by atoms with E-state index in [9.17, 15) is 9.18 Å². The zero-order chi connectivity index (χ0) is 20.9. The van der Waals surface area contributed by atoms with Crippen LogP contribution in [0.2, 0.25) is 0 Å². The van der Waals surface area contributed by atoms with Crippen LogP contribution in [0.15, 0.2) is 54.7 Å².